The van der Waals surface area contributed by atoms with Gasteiger partial charge in [0.25, 0.3) is 0 Å². The molecular formula is C29H45F3N2O5. The van der Waals surface area contributed by atoms with Crippen LogP contribution in [-0.4, -0.2) is 66.3 Å². The van der Waals surface area contributed by atoms with Crippen molar-refractivity contribution in [3.05, 3.63) is 0 Å². The standard InChI is InChI=1S/C29H45F3N2O5/c1-16-9-12-34(6)14-19(16)24(37)33-25(38)39-21-13-26(4,15-29(30,31)32)23(36)18(3)28-10-7-17(2)27(21,5)22(28)20(35)8-11-28/h16-19,21-23,36H,7-15H2,1-6H3,(H,33,37,38)/t16-,17+,18-,19-,21+,22?,23-,26-,27-,28?/m0/s1. The number of aliphatic hydroxyl groups is 1. The monoisotopic (exact) mass is 558 g/mol. The number of carbonyl (C=O) groups is 3. The molecular weight excluding hydrogens is 513 g/mol. The first kappa shape index (κ1) is 30.3. The summed E-state index contributed by atoms with van der Waals surface area (Å²) in [5.41, 5.74) is -3.25. The van der Waals surface area contributed by atoms with E-state index < -0.39 is 70.8 Å². The van der Waals surface area contributed by atoms with Gasteiger partial charge in [-0.1, -0.05) is 34.6 Å². The maximum absolute atomic E-state index is 13.9. The molecule has 3 aliphatic carbocycles. The predicted molar refractivity (Wildman–Crippen MR) is 138 cm³/mol. The number of imide groups is 1. The summed E-state index contributed by atoms with van der Waals surface area (Å²) in [5.74, 6) is -1.99. The second kappa shape index (κ2) is 10.3. The van der Waals surface area contributed by atoms with Crippen LogP contribution in [0.5, 0.6) is 0 Å². The Balaban J connectivity index is 1.70. The highest BCUT2D eigenvalue weighted by molar-refractivity contribution is 5.93. The minimum absolute atomic E-state index is 0.0201. The van der Waals surface area contributed by atoms with Gasteiger partial charge in [-0.05, 0) is 68.9 Å². The summed E-state index contributed by atoms with van der Waals surface area (Å²) in [7, 11) is 1.91. The summed E-state index contributed by atoms with van der Waals surface area (Å²) in [6, 6.07) is 0. The molecule has 10 atom stereocenters. The maximum Gasteiger partial charge on any atom is 0.414 e. The quantitative estimate of drug-likeness (QED) is 0.509. The number of nitrogens with one attached hydrogen (secondary N) is 1. The van der Waals surface area contributed by atoms with Gasteiger partial charge in [0, 0.05) is 29.7 Å². The molecule has 0 aromatic heterocycles. The van der Waals surface area contributed by atoms with Crippen LogP contribution in [0.25, 0.3) is 0 Å². The molecule has 1 saturated heterocycles. The van der Waals surface area contributed by atoms with Crippen LogP contribution in [-0.2, 0) is 14.3 Å². The number of rotatable bonds is 3. The average molecular weight is 559 g/mol. The molecule has 2 N–H and O–H groups in total. The number of ketones is 1. The van der Waals surface area contributed by atoms with Crippen molar-refractivity contribution < 1.29 is 37.4 Å². The lowest BCUT2D eigenvalue weighted by Crippen LogP contribution is -2.64. The first-order valence-corrected chi connectivity index (χ1v) is 14.4. The Morgan fingerprint density at radius 1 is 1.15 bits per heavy atom. The van der Waals surface area contributed by atoms with Gasteiger partial charge < -0.3 is 14.7 Å². The van der Waals surface area contributed by atoms with E-state index in [2.05, 4.69) is 5.32 Å². The number of aliphatic hydroxyl groups excluding tert-OH is 1. The van der Waals surface area contributed by atoms with Gasteiger partial charge in [0.15, 0.2) is 0 Å². The number of amides is 2. The maximum atomic E-state index is 13.9. The molecule has 7 nitrogen and oxygen atoms in total. The summed E-state index contributed by atoms with van der Waals surface area (Å²) in [5, 5.41) is 13.9. The summed E-state index contributed by atoms with van der Waals surface area (Å²) >= 11 is 0. The van der Waals surface area contributed by atoms with Gasteiger partial charge in [-0.25, -0.2) is 4.79 Å². The number of carbonyl (C=O) groups excluding carboxylic acids is 3. The van der Waals surface area contributed by atoms with Crippen molar-refractivity contribution in [3.63, 3.8) is 0 Å². The molecule has 4 rings (SSSR count). The van der Waals surface area contributed by atoms with Gasteiger partial charge in [0.05, 0.1) is 18.4 Å². The van der Waals surface area contributed by atoms with Crippen LogP contribution in [0.3, 0.4) is 0 Å². The second-order valence-corrected chi connectivity index (χ2v) is 13.8. The van der Waals surface area contributed by atoms with E-state index in [1.54, 1.807) is 6.92 Å². The Morgan fingerprint density at radius 2 is 1.82 bits per heavy atom. The van der Waals surface area contributed by atoms with E-state index in [-0.39, 0.29) is 24.0 Å². The van der Waals surface area contributed by atoms with Gasteiger partial charge in [0.1, 0.15) is 11.9 Å². The van der Waals surface area contributed by atoms with Crippen LogP contribution in [0.1, 0.15) is 79.6 Å². The minimum atomic E-state index is -4.55. The predicted octanol–water partition coefficient (Wildman–Crippen LogP) is 4.96. The Labute approximate surface area is 229 Å². The Morgan fingerprint density at radius 3 is 2.46 bits per heavy atom. The van der Waals surface area contributed by atoms with Gasteiger partial charge in [-0.2, -0.15) is 13.2 Å². The number of halogens is 3. The fraction of sp³-hybridized carbons (Fsp3) is 0.897. The largest absolute Gasteiger partial charge is 0.445 e. The van der Waals surface area contributed by atoms with Crippen LogP contribution < -0.4 is 5.32 Å². The first-order chi connectivity index (χ1) is 17.9. The average Bonchev–Trinajstić information content (AvgIpc) is 3.18. The van der Waals surface area contributed by atoms with Gasteiger partial charge in [-0.15, -0.1) is 0 Å². The van der Waals surface area contributed by atoms with Gasteiger partial charge >= 0.3 is 12.3 Å². The van der Waals surface area contributed by atoms with Crippen molar-refractivity contribution in [2.24, 2.45) is 45.8 Å². The van der Waals surface area contributed by atoms with Crippen LogP contribution in [0, 0.1) is 45.8 Å². The highest BCUT2D eigenvalue weighted by Crippen LogP contribution is 2.68. The molecule has 39 heavy (non-hydrogen) atoms. The van der Waals surface area contributed by atoms with Crippen LogP contribution in [0.15, 0.2) is 0 Å². The molecule has 1 aliphatic heterocycles. The normalized spacial score (nSPS) is 45.2. The van der Waals surface area contributed by atoms with E-state index in [1.165, 1.54) is 6.92 Å². The molecule has 0 spiro atoms. The van der Waals surface area contributed by atoms with Crippen molar-refractivity contribution in [1.29, 1.82) is 0 Å². The minimum Gasteiger partial charge on any atom is -0.445 e. The van der Waals surface area contributed by atoms with Gasteiger partial charge in [0.2, 0.25) is 5.91 Å². The Kier molecular flexibility index (Phi) is 8.00. The van der Waals surface area contributed by atoms with E-state index in [1.807, 2.05) is 32.7 Å². The molecule has 4 aliphatic rings. The molecule has 4 fully saturated rings. The van der Waals surface area contributed by atoms with Crippen LogP contribution in [0.4, 0.5) is 18.0 Å². The van der Waals surface area contributed by atoms with E-state index in [0.717, 1.165) is 13.0 Å². The summed E-state index contributed by atoms with van der Waals surface area (Å²) in [4.78, 5) is 41.8. The zero-order valence-corrected chi connectivity index (χ0v) is 24.1. The van der Waals surface area contributed by atoms with E-state index in [0.29, 0.717) is 32.2 Å². The third-order valence-electron chi connectivity index (χ3n) is 11.5. The van der Waals surface area contributed by atoms with Crippen molar-refractivity contribution in [1.82, 2.24) is 10.2 Å². The number of Topliss-reactive ketones (excluding diaryl/α,β-unsaturated/α-hetero) is 1. The summed E-state index contributed by atoms with van der Waals surface area (Å²) < 4.78 is 47.7. The van der Waals surface area contributed by atoms with Crippen molar-refractivity contribution in [3.8, 4) is 0 Å². The lowest BCUT2D eigenvalue weighted by Gasteiger charge is -2.62. The third-order valence-corrected chi connectivity index (χ3v) is 11.5. The van der Waals surface area contributed by atoms with E-state index >= 15 is 0 Å². The highest BCUT2D eigenvalue weighted by Gasteiger charge is 2.69. The third kappa shape index (κ3) is 5.24. The Hall–Kier alpha value is -1.68. The number of piperidine rings is 1. The molecule has 3 saturated carbocycles. The summed E-state index contributed by atoms with van der Waals surface area (Å²) in [6.07, 6.45) is -6.55. The molecule has 2 amide bonds. The molecule has 0 aromatic carbocycles. The van der Waals surface area contributed by atoms with Crippen molar-refractivity contribution >= 4 is 17.8 Å². The lowest BCUT2D eigenvalue weighted by molar-refractivity contribution is -0.225. The molecule has 10 heteroatoms. The number of hydrogen-bond acceptors (Lipinski definition) is 6. The van der Waals surface area contributed by atoms with E-state index in [4.69, 9.17) is 4.74 Å². The zero-order chi connectivity index (χ0) is 29.1. The topological polar surface area (TPSA) is 95.9 Å². The smallest absolute Gasteiger partial charge is 0.414 e. The number of alkyl carbamates (subject to hydrolysis) is 1. The van der Waals surface area contributed by atoms with E-state index in [9.17, 15) is 32.7 Å². The summed E-state index contributed by atoms with van der Waals surface area (Å²) in [6.45, 7) is 10.3. The molecule has 0 radical (unpaired) electrons. The molecule has 1 heterocycles. The number of alkyl halides is 3. The zero-order valence-electron chi connectivity index (χ0n) is 24.1. The SMILES string of the molecule is C[C@@H]1CCC23CCC(=O)C2[C@]1(C)[C@H](OC(=O)NC(=O)[C@H]1CN(C)CC[C@@H]1C)C[C@@](C)(CC(F)(F)F)[C@@H](O)[C@@H]3C. The number of ether oxygens (including phenoxy) is 1. The van der Waals surface area contributed by atoms with Crippen LogP contribution in [0.2, 0.25) is 0 Å². The Bertz CT molecular complexity index is 990. The first-order valence-electron chi connectivity index (χ1n) is 14.4. The fourth-order valence-corrected chi connectivity index (χ4v) is 8.91. The van der Waals surface area contributed by atoms with Gasteiger partial charge in [-0.3, -0.25) is 14.9 Å². The lowest BCUT2D eigenvalue weighted by atomic mass is 9.43. The second-order valence-electron chi connectivity index (χ2n) is 13.8. The van der Waals surface area contributed by atoms with Crippen molar-refractivity contribution in [2.45, 2.75) is 97.9 Å². The fourth-order valence-electron chi connectivity index (χ4n) is 8.91. The van der Waals surface area contributed by atoms with Crippen LogP contribution >= 0.6 is 0 Å². The van der Waals surface area contributed by atoms with Crippen molar-refractivity contribution in [2.75, 3.05) is 20.1 Å². The molecule has 2 bridgehead atoms. The molecule has 2 unspecified atom stereocenters. The number of nitrogens with zero attached hydrogens (tertiary/aromatic N) is 1. The molecule has 222 valence electrons. The number of hydrogen-bond donors (Lipinski definition) is 2. The number of likely N-dealkylation sites (tertiary alicyclic amines) is 1. The highest BCUT2D eigenvalue weighted by atomic mass is 19.4. The molecule has 0 aromatic rings.